The molecule has 1 saturated heterocycles. The lowest BCUT2D eigenvalue weighted by molar-refractivity contribution is 0.0714. The van der Waals surface area contributed by atoms with Gasteiger partial charge >= 0.3 is 0 Å². The predicted octanol–water partition coefficient (Wildman–Crippen LogP) is 1.75. The molecule has 0 spiro atoms. The highest BCUT2D eigenvalue weighted by molar-refractivity contribution is 5.92. The van der Waals surface area contributed by atoms with Crippen LogP contribution in [0.3, 0.4) is 0 Å². The average Bonchev–Trinajstić information content (AvgIpc) is 3.44. The second kappa shape index (κ2) is 7.31. The summed E-state index contributed by atoms with van der Waals surface area (Å²) in [7, 11) is 0. The fourth-order valence-corrected chi connectivity index (χ4v) is 3.56. The van der Waals surface area contributed by atoms with E-state index in [1.54, 1.807) is 34.3 Å². The molecule has 1 N–H and O–H groups in total. The Morgan fingerprint density at radius 3 is 2.83 bits per heavy atom. The number of aromatic amines is 1. The van der Waals surface area contributed by atoms with Crippen LogP contribution in [0.1, 0.15) is 49.8 Å². The van der Waals surface area contributed by atoms with Crippen LogP contribution in [-0.4, -0.2) is 52.9 Å². The molecular weight excluding hydrogens is 370 g/mol. The topological polar surface area (TPSA) is 102 Å². The number of aromatic nitrogens is 6. The zero-order valence-electron chi connectivity index (χ0n) is 16.9. The van der Waals surface area contributed by atoms with Gasteiger partial charge in [-0.3, -0.25) is 19.3 Å². The Bertz CT molecular complexity index is 1060. The first-order chi connectivity index (χ1) is 13.8. The van der Waals surface area contributed by atoms with Gasteiger partial charge in [0.25, 0.3) is 11.5 Å². The predicted molar refractivity (Wildman–Crippen MR) is 107 cm³/mol. The zero-order valence-corrected chi connectivity index (χ0v) is 16.9. The van der Waals surface area contributed by atoms with E-state index in [1.807, 2.05) is 6.07 Å². The summed E-state index contributed by atoms with van der Waals surface area (Å²) in [6, 6.07) is 4.88. The first kappa shape index (κ1) is 19.1. The van der Waals surface area contributed by atoms with E-state index in [0.717, 1.165) is 18.5 Å². The molecule has 1 aliphatic rings. The number of nitrogens with zero attached hydrogens (tertiary/aromatic N) is 6. The van der Waals surface area contributed by atoms with Crippen LogP contribution in [0.4, 0.5) is 0 Å². The second-order valence-electron chi connectivity index (χ2n) is 8.39. The third-order valence-corrected chi connectivity index (χ3v) is 5.25. The van der Waals surface area contributed by atoms with Crippen LogP contribution in [0.25, 0.3) is 5.82 Å². The number of carbonyl (C=O) groups is 1. The standard InChI is InChI=1S/C20H25N7O2/c1-20(2,3)16-11-15(22-23-16)19(29)26-9-4-5-14(26)12-27-18(28)7-6-17(24-27)25-10-8-21-13-25/h6-8,10-11,13-14H,4-5,9,12H2,1-3H3,(H,22,23). The van der Waals surface area contributed by atoms with Crippen molar-refractivity contribution in [2.24, 2.45) is 0 Å². The van der Waals surface area contributed by atoms with Crippen molar-refractivity contribution in [1.29, 1.82) is 0 Å². The van der Waals surface area contributed by atoms with Crippen LogP contribution in [-0.2, 0) is 12.0 Å². The molecule has 152 valence electrons. The summed E-state index contributed by atoms with van der Waals surface area (Å²) in [6.45, 7) is 7.21. The minimum absolute atomic E-state index is 0.0967. The normalized spacial score (nSPS) is 17.1. The number of amides is 1. The van der Waals surface area contributed by atoms with Crippen LogP contribution in [0, 0.1) is 0 Å². The quantitative estimate of drug-likeness (QED) is 0.725. The van der Waals surface area contributed by atoms with Crippen LogP contribution in [0.2, 0.25) is 0 Å². The van der Waals surface area contributed by atoms with Crippen molar-refractivity contribution in [1.82, 2.24) is 34.4 Å². The van der Waals surface area contributed by atoms with Gasteiger partial charge in [0, 0.05) is 36.1 Å². The summed E-state index contributed by atoms with van der Waals surface area (Å²) in [6.07, 6.45) is 6.78. The van der Waals surface area contributed by atoms with Gasteiger partial charge in [0.05, 0.1) is 12.6 Å². The van der Waals surface area contributed by atoms with Gasteiger partial charge in [0.2, 0.25) is 0 Å². The molecule has 0 aromatic carbocycles. The highest BCUT2D eigenvalue weighted by Gasteiger charge is 2.32. The van der Waals surface area contributed by atoms with Gasteiger partial charge in [0.1, 0.15) is 12.0 Å². The number of hydrogen-bond acceptors (Lipinski definition) is 5. The monoisotopic (exact) mass is 395 g/mol. The summed E-state index contributed by atoms with van der Waals surface area (Å²) in [5, 5.41) is 11.6. The number of hydrogen-bond donors (Lipinski definition) is 1. The first-order valence-electron chi connectivity index (χ1n) is 9.76. The third-order valence-electron chi connectivity index (χ3n) is 5.25. The number of nitrogens with one attached hydrogen (secondary N) is 1. The van der Waals surface area contributed by atoms with Crippen LogP contribution in [0.5, 0.6) is 0 Å². The maximum absolute atomic E-state index is 13.0. The van der Waals surface area contributed by atoms with E-state index in [2.05, 4.69) is 41.1 Å². The van der Waals surface area contributed by atoms with Gasteiger partial charge in [-0.1, -0.05) is 20.8 Å². The number of carbonyl (C=O) groups excluding carboxylic acids is 1. The van der Waals surface area contributed by atoms with E-state index in [0.29, 0.717) is 24.6 Å². The third kappa shape index (κ3) is 3.85. The minimum atomic E-state index is -0.192. The molecule has 9 nitrogen and oxygen atoms in total. The Hall–Kier alpha value is -3.23. The summed E-state index contributed by atoms with van der Waals surface area (Å²) >= 11 is 0. The fourth-order valence-electron chi connectivity index (χ4n) is 3.56. The first-order valence-corrected chi connectivity index (χ1v) is 9.76. The smallest absolute Gasteiger partial charge is 0.274 e. The number of H-pyrrole nitrogens is 1. The molecule has 0 bridgehead atoms. The van der Waals surface area contributed by atoms with E-state index in [4.69, 9.17) is 0 Å². The molecule has 1 aliphatic heterocycles. The lowest BCUT2D eigenvalue weighted by Crippen LogP contribution is -2.40. The average molecular weight is 395 g/mol. The summed E-state index contributed by atoms with van der Waals surface area (Å²) in [5.41, 5.74) is 1.03. The van der Waals surface area contributed by atoms with E-state index < -0.39 is 0 Å². The van der Waals surface area contributed by atoms with Gasteiger partial charge in [0.15, 0.2) is 5.82 Å². The van der Waals surface area contributed by atoms with Gasteiger partial charge in [-0.25, -0.2) is 9.67 Å². The fraction of sp³-hybridized carbons (Fsp3) is 0.450. The highest BCUT2D eigenvalue weighted by atomic mass is 16.2. The molecule has 0 radical (unpaired) electrons. The lowest BCUT2D eigenvalue weighted by atomic mass is 9.92. The lowest BCUT2D eigenvalue weighted by Gasteiger charge is -2.24. The van der Waals surface area contributed by atoms with Gasteiger partial charge in [-0.05, 0) is 25.0 Å². The maximum atomic E-state index is 13.0. The largest absolute Gasteiger partial charge is 0.332 e. The molecule has 0 aliphatic carbocycles. The van der Waals surface area contributed by atoms with Crippen molar-refractivity contribution in [3.05, 3.63) is 58.7 Å². The van der Waals surface area contributed by atoms with Crippen molar-refractivity contribution >= 4 is 5.91 Å². The van der Waals surface area contributed by atoms with Crippen molar-refractivity contribution in [2.75, 3.05) is 6.54 Å². The molecule has 29 heavy (non-hydrogen) atoms. The maximum Gasteiger partial charge on any atom is 0.274 e. The number of imidazole rings is 1. The number of rotatable bonds is 4. The molecule has 4 heterocycles. The molecule has 9 heteroatoms. The van der Waals surface area contributed by atoms with Gasteiger partial charge < -0.3 is 4.90 Å². The molecule has 0 saturated carbocycles. The minimum Gasteiger partial charge on any atom is -0.332 e. The van der Waals surface area contributed by atoms with E-state index in [9.17, 15) is 9.59 Å². The van der Waals surface area contributed by atoms with Crippen LogP contribution >= 0.6 is 0 Å². The van der Waals surface area contributed by atoms with Crippen molar-refractivity contribution in [3.63, 3.8) is 0 Å². The molecule has 3 aromatic heterocycles. The number of likely N-dealkylation sites (tertiary alicyclic amines) is 1. The SMILES string of the molecule is CC(C)(C)c1cc(C(=O)N2CCCC2Cn2nc(-n3ccnc3)ccc2=O)n[nH]1. The van der Waals surface area contributed by atoms with E-state index in [1.165, 1.54) is 10.7 Å². The molecule has 1 atom stereocenters. The molecule has 3 aromatic rings. The molecule has 1 fully saturated rings. The molecule has 1 amide bonds. The van der Waals surface area contributed by atoms with E-state index >= 15 is 0 Å². The van der Waals surface area contributed by atoms with Crippen LogP contribution < -0.4 is 5.56 Å². The molecule has 1 unspecified atom stereocenters. The Balaban J connectivity index is 1.55. The van der Waals surface area contributed by atoms with E-state index in [-0.39, 0.29) is 22.9 Å². The van der Waals surface area contributed by atoms with Crippen LogP contribution in [0.15, 0.2) is 41.7 Å². The Morgan fingerprint density at radius 1 is 1.31 bits per heavy atom. The second-order valence-corrected chi connectivity index (χ2v) is 8.39. The summed E-state index contributed by atoms with van der Waals surface area (Å²) in [4.78, 5) is 31.2. The summed E-state index contributed by atoms with van der Waals surface area (Å²) < 4.78 is 3.17. The van der Waals surface area contributed by atoms with Crippen molar-refractivity contribution in [2.45, 2.75) is 51.6 Å². The Labute approximate surface area is 168 Å². The Kier molecular flexibility index (Phi) is 4.81. The highest BCUT2D eigenvalue weighted by Crippen LogP contribution is 2.24. The summed E-state index contributed by atoms with van der Waals surface area (Å²) in [5.74, 6) is 0.498. The molecule has 4 rings (SSSR count). The van der Waals surface area contributed by atoms with Gasteiger partial charge in [-0.2, -0.15) is 10.2 Å². The zero-order chi connectivity index (χ0) is 20.6. The van der Waals surface area contributed by atoms with Gasteiger partial charge in [-0.15, -0.1) is 0 Å². The Morgan fingerprint density at radius 2 is 2.14 bits per heavy atom. The molecular formula is C20H25N7O2. The van der Waals surface area contributed by atoms with Crippen molar-refractivity contribution < 1.29 is 4.79 Å². The van der Waals surface area contributed by atoms with Crippen molar-refractivity contribution in [3.8, 4) is 5.82 Å².